The first-order valence-electron chi connectivity index (χ1n) is 7.20. The van der Waals surface area contributed by atoms with Gasteiger partial charge in [-0.1, -0.05) is 12.1 Å². The maximum absolute atomic E-state index is 6.03. The molecular weight excluding hydrogens is 250 g/mol. The fourth-order valence-electron chi connectivity index (χ4n) is 2.74. The zero-order valence-corrected chi connectivity index (χ0v) is 12.2. The predicted molar refractivity (Wildman–Crippen MR) is 80.2 cm³/mol. The maximum atomic E-state index is 6.03. The molecule has 2 heterocycles. The molecule has 4 heteroatoms. The van der Waals surface area contributed by atoms with E-state index in [1.54, 1.807) is 0 Å². The molecule has 3 rings (SSSR count). The molecule has 4 nitrogen and oxygen atoms in total. The average Bonchev–Trinajstić information content (AvgIpc) is 3.07. The number of hydrogen-bond donors (Lipinski definition) is 0. The van der Waals surface area contributed by atoms with E-state index in [9.17, 15) is 0 Å². The summed E-state index contributed by atoms with van der Waals surface area (Å²) in [4.78, 5) is 2.41. The molecule has 20 heavy (non-hydrogen) atoms. The molecule has 1 aliphatic rings. The van der Waals surface area contributed by atoms with Crippen molar-refractivity contribution < 1.29 is 4.74 Å². The summed E-state index contributed by atoms with van der Waals surface area (Å²) in [5, 5.41) is 4.35. The van der Waals surface area contributed by atoms with Gasteiger partial charge in [0.15, 0.2) is 0 Å². The van der Waals surface area contributed by atoms with E-state index in [4.69, 9.17) is 4.74 Å². The van der Waals surface area contributed by atoms with Gasteiger partial charge >= 0.3 is 0 Å². The lowest BCUT2D eigenvalue weighted by molar-refractivity contribution is 0.306. The Bertz CT molecular complexity index is 585. The Labute approximate surface area is 120 Å². The highest BCUT2D eigenvalue weighted by molar-refractivity contribution is 5.58. The van der Waals surface area contributed by atoms with Gasteiger partial charge in [-0.2, -0.15) is 5.10 Å². The molecule has 0 bridgehead atoms. The minimum Gasteiger partial charge on any atom is -0.487 e. The number of rotatable bonds is 4. The fourth-order valence-corrected chi connectivity index (χ4v) is 2.74. The summed E-state index contributed by atoms with van der Waals surface area (Å²) in [5.74, 6) is 0.970. The van der Waals surface area contributed by atoms with Crippen molar-refractivity contribution >= 4 is 5.69 Å². The van der Waals surface area contributed by atoms with Crippen molar-refractivity contribution in [1.82, 2.24) is 9.78 Å². The predicted octanol–water partition coefficient (Wildman–Crippen LogP) is 2.91. The smallest absolute Gasteiger partial charge is 0.143 e. The van der Waals surface area contributed by atoms with Crippen LogP contribution in [0.15, 0.2) is 30.5 Å². The number of anilines is 1. The maximum Gasteiger partial charge on any atom is 0.143 e. The van der Waals surface area contributed by atoms with Crippen molar-refractivity contribution in [2.24, 2.45) is 7.05 Å². The number of benzene rings is 1. The first-order valence-corrected chi connectivity index (χ1v) is 7.20. The molecule has 1 aromatic carbocycles. The molecule has 0 aliphatic carbocycles. The Morgan fingerprint density at radius 2 is 1.95 bits per heavy atom. The van der Waals surface area contributed by atoms with Gasteiger partial charge in [-0.15, -0.1) is 0 Å². The molecule has 0 unspecified atom stereocenters. The summed E-state index contributed by atoms with van der Waals surface area (Å²) < 4.78 is 7.87. The molecule has 106 valence electrons. The van der Waals surface area contributed by atoms with Crippen LogP contribution in [0, 0.1) is 6.92 Å². The van der Waals surface area contributed by atoms with Gasteiger partial charge in [0.05, 0.1) is 11.4 Å². The summed E-state index contributed by atoms with van der Waals surface area (Å²) in [5.41, 5.74) is 3.39. The number of aryl methyl sites for hydroxylation is 2. The van der Waals surface area contributed by atoms with Crippen LogP contribution < -0.4 is 9.64 Å². The van der Waals surface area contributed by atoms with Crippen molar-refractivity contribution in [2.75, 3.05) is 18.0 Å². The lowest BCUT2D eigenvalue weighted by Gasteiger charge is -2.21. The molecule has 0 spiro atoms. The van der Waals surface area contributed by atoms with Gasteiger partial charge in [0.2, 0.25) is 0 Å². The molecule has 0 amide bonds. The van der Waals surface area contributed by atoms with Crippen molar-refractivity contribution in [3.63, 3.8) is 0 Å². The molecular formula is C16H21N3O. The summed E-state index contributed by atoms with van der Waals surface area (Å²) in [6, 6.07) is 8.32. The van der Waals surface area contributed by atoms with Gasteiger partial charge in [0, 0.05) is 31.9 Å². The van der Waals surface area contributed by atoms with Gasteiger partial charge in [0.1, 0.15) is 12.4 Å². The lowest BCUT2D eigenvalue weighted by atomic mass is 10.2. The van der Waals surface area contributed by atoms with E-state index < -0.39 is 0 Å². The Kier molecular flexibility index (Phi) is 3.63. The van der Waals surface area contributed by atoms with Crippen LogP contribution in [-0.2, 0) is 13.7 Å². The topological polar surface area (TPSA) is 30.3 Å². The number of hydrogen-bond acceptors (Lipinski definition) is 3. The van der Waals surface area contributed by atoms with Crippen LogP contribution >= 0.6 is 0 Å². The third-order valence-corrected chi connectivity index (χ3v) is 3.81. The van der Waals surface area contributed by atoms with E-state index in [0.717, 1.165) is 30.1 Å². The van der Waals surface area contributed by atoms with Crippen molar-refractivity contribution in [3.05, 3.63) is 41.7 Å². The molecule has 0 saturated carbocycles. The zero-order valence-electron chi connectivity index (χ0n) is 12.2. The van der Waals surface area contributed by atoms with Crippen LogP contribution in [0.1, 0.15) is 24.1 Å². The van der Waals surface area contributed by atoms with E-state index >= 15 is 0 Å². The minimum absolute atomic E-state index is 0.574. The van der Waals surface area contributed by atoms with Gasteiger partial charge in [-0.25, -0.2) is 0 Å². The highest BCUT2D eigenvalue weighted by Crippen LogP contribution is 2.31. The molecule has 2 aromatic rings. The van der Waals surface area contributed by atoms with E-state index in [0.29, 0.717) is 6.61 Å². The molecule has 1 aromatic heterocycles. The highest BCUT2D eigenvalue weighted by atomic mass is 16.5. The zero-order chi connectivity index (χ0) is 13.9. The molecule has 1 saturated heterocycles. The second-order valence-electron chi connectivity index (χ2n) is 5.36. The first kappa shape index (κ1) is 13.0. The normalized spacial score (nSPS) is 14.8. The Hall–Kier alpha value is -1.97. The quantitative estimate of drug-likeness (QED) is 0.856. The highest BCUT2D eigenvalue weighted by Gasteiger charge is 2.16. The SMILES string of the molecule is Cc1nn(C)cc1COc1ccccc1N1CCCC1. The Morgan fingerprint density at radius 1 is 1.20 bits per heavy atom. The molecule has 1 aliphatic heterocycles. The lowest BCUT2D eigenvalue weighted by Crippen LogP contribution is -2.18. The number of ether oxygens (including phenoxy) is 1. The standard InChI is InChI=1S/C16H21N3O/c1-13-14(11-18(2)17-13)12-20-16-8-4-3-7-15(16)19-9-5-6-10-19/h3-4,7-8,11H,5-6,9-10,12H2,1-2H3. The third kappa shape index (κ3) is 2.64. The van der Waals surface area contributed by atoms with E-state index in [1.807, 2.05) is 30.9 Å². The van der Waals surface area contributed by atoms with Crippen LogP contribution in [0.2, 0.25) is 0 Å². The molecule has 0 atom stereocenters. The third-order valence-electron chi connectivity index (χ3n) is 3.81. The van der Waals surface area contributed by atoms with Crippen molar-refractivity contribution in [1.29, 1.82) is 0 Å². The molecule has 1 fully saturated rings. The Morgan fingerprint density at radius 3 is 2.65 bits per heavy atom. The second kappa shape index (κ2) is 5.57. The molecule has 0 N–H and O–H groups in total. The minimum atomic E-state index is 0.574. The average molecular weight is 271 g/mol. The molecule has 0 radical (unpaired) electrons. The van der Waals surface area contributed by atoms with Crippen molar-refractivity contribution in [2.45, 2.75) is 26.4 Å². The van der Waals surface area contributed by atoms with Gasteiger partial charge < -0.3 is 9.64 Å². The summed E-state index contributed by atoms with van der Waals surface area (Å²) in [7, 11) is 1.94. The first-order chi connectivity index (χ1) is 9.74. The van der Waals surface area contributed by atoms with Crippen LogP contribution in [-0.4, -0.2) is 22.9 Å². The summed E-state index contributed by atoms with van der Waals surface area (Å²) in [6.45, 7) is 4.86. The van der Waals surface area contributed by atoms with Crippen LogP contribution in [0.5, 0.6) is 5.75 Å². The van der Waals surface area contributed by atoms with E-state index in [2.05, 4.69) is 28.2 Å². The van der Waals surface area contributed by atoms with Crippen molar-refractivity contribution in [3.8, 4) is 5.75 Å². The van der Waals surface area contributed by atoms with Crippen LogP contribution in [0.4, 0.5) is 5.69 Å². The number of aromatic nitrogens is 2. The van der Waals surface area contributed by atoms with Gasteiger partial charge in [0.25, 0.3) is 0 Å². The number of nitrogens with zero attached hydrogens (tertiary/aromatic N) is 3. The van der Waals surface area contributed by atoms with Crippen LogP contribution in [0.25, 0.3) is 0 Å². The Balaban J connectivity index is 1.75. The number of para-hydroxylation sites is 2. The largest absolute Gasteiger partial charge is 0.487 e. The van der Waals surface area contributed by atoms with E-state index in [1.165, 1.54) is 18.5 Å². The van der Waals surface area contributed by atoms with Gasteiger partial charge in [-0.05, 0) is 31.9 Å². The summed E-state index contributed by atoms with van der Waals surface area (Å²) in [6.07, 6.45) is 4.57. The fraction of sp³-hybridized carbons (Fsp3) is 0.438. The summed E-state index contributed by atoms with van der Waals surface area (Å²) >= 11 is 0. The van der Waals surface area contributed by atoms with Crippen LogP contribution in [0.3, 0.4) is 0 Å². The van der Waals surface area contributed by atoms with E-state index in [-0.39, 0.29) is 0 Å². The van der Waals surface area contributed by atoms with Gasteiger partial charge in [-0.3, -0.25) is 4.68 Å². The monoisotopic (exact) mass is 271 g/mol. The second-order valence-corrected chi connectivity index (χ2v) is 5.36.